The molecular weight excluding hydrogens is 655 g/mol. The molecule has 0 saturated heterocycles. The number of esters is 1. The van der Waals surface area contributed by atoms with Crippen molar-refractivity contribution in [2.75, 3.05) is 28.9 Å². The molecule has 0 radical (unpaired) electrons. The molecule has 1 aliphatic heterocycles. The molecular formula is C30H35IN4O5S. The minimum absolute atomic E-state index is 0. The Morgan fingerprint density at radius 1 is 1.02 bits per heavy atom. The molecule has 0 spiro atoms. The first-order valence-electron chi connectivity index (χ1n) is 13.2. The van der Waals surface area contributed by atoms with E-state index in [0.29, 0.717) is 42.6 Å². The van der Waals surface area contributed by atoms with Crippen molar-refractivity contribution in [1.29, 1.82) is 5.41 Å². The number of fused-ring (bicyclic) bond motifs is 1. The van der Waals surface area contributed by atoms with Gasteiger partial charge in [0.15, 0.2) is 0 Å². The molecule has 0 aliphatic carbocycles. The Labute approximate surface area is 258 Å². The number of nitrogens with two attached hydrogens (primary N) is 1. The topological polar surface area (TPSA) is 134 Å². The van der Waals surface area contributed by atoms with Crippen molar-refractivity contribution in [3.05, 3.63) is 95.1 Å². The van der Waals surface area contributed by atoms with Gasteiger partial charge >= 0.3 is 5.97 Å². The van der Waals surface area contributed by atoms with E-state index in [-0.39, 0.29) is 48.1 Å². The molecule has 3 N–H and O–H groups in total. The van der Waals surface area contributed by atoms with E-state index in [1.165, 1.54) is 0 Å². The highest BCUT2D eigenvalue weighted by atomic mass is 127. The zero-order chi connectivity index (χ0) is 28.7. The van der Waals surface area contributed by atoms with Crippen molar-refractivity contribution in [3.63, 3.8) is 0 Å². The Hall–Kier alpha value is -3.45. The standard InChI is InChI=1S/C30H34N4O5S.HI/c1-2-39-29(36)20-34(40(37,38)21-23-7-4-3-5-8-23)26-15-16-27-25(19-26)9-6-18-33(27)28(35)17-12-22-10-13-24(14-11-22)30(31)32;/h3-5,7-8,10-11,13-16,19H,2,6,9,12,17-18,20-21H2,1H3,(H3,31,32);1H. The number of rotatable bonds is 11. The molecule has 9 nitrogen and oxygen atoms in total. The van der Waals surface area contributed by atoms with E-state index in [0.717, 1.165) is 27.5 Å². The van der Waals surface area contributed by atoms with Gasteiger partial charge in [-0.15, -0.1) is 24.0 Å². The maximum Gasteiger partial charge on any atom is 0.326 e. The quantitative estimate of drug-likeness (QED) is 0.133. The molecule has 1 amide bonds. The lowest BCUT2D eigenvalue weighted by molar-refractivity contribution is -0.141. The molecule has 11 heteroatoms. The fourth-order valence-electron chi connectivity index (χ4n) is 4.77. The highest BCUT2D eigenvalue weighted by Crippen LogP contribution is 2.33. The van der Waals surface area contributed by atoms with Gasteiger partial charge in [-0.25, -0.2) is 8.42 Å². The molecule has 0 fully saturated rings. The summed E-state index contributed by atoms with van der Waals surface area (Å²) in [5.41, 5.74) is 9.71. The Morgan fingerprint density at radius 2 is 1.73 bits per heavy atom. The number of hydrogen-bond acceptors (Lipinski definition) is 6. The summed E-state index contributed by atoms with van der Waals surface area (Å²) in [5, 5.41) is 7.51. The molecule has 0 aromatic heterocycles. The van der Waals surface area contributed by atoms with Gasteiger partial charge in [-0.1, -0.05) is 54.6 Å². The zero-order valence-corrected chi connectivity index (χ0v) is 26.1. The van der Waals surface area contributed by atoms with Gasteiger partial charge in [0, 0.05) is 24.2 Å². The van der Waals surface area contributed by atoms with Gasteiger partial charge in [-0.3, -0.25) is 19.3 Å². The summed E-state index contributed by atoms with van der Waals surface area (Å²) in [6, 6.07) is 21.3. The SMILES string of the molecule is CCOC(=O)CN(c1ccc2c(c1)CCCN2C(=O)CCc1ccc(C(=N)N)cc1)S(=O)(=O)Cc1ccccc1.I. The number of carbonyl (C=O) groups excluding carboxylic acids is 2. The van der Waals surface area contributed by atoms with Crippen molar-refractivity contribution < 1.29 is 22.7 Å². The van der Waals surface area contributed by atoms with Crippen LogP contribution in [-0.4, -0.2) is 45.8 Å². The second kappa shape index (κ2) is 14.4. The number of nitrogens with one attached hydrogen (secondary N) is 1. The zero-order valence-electron chi connectivity index (χ0n) is 22.9. The number of nitrogens with zero attached hydrogens (tertiary/aromatic N) is 2. The van der Waals surface area contributed by atoms with Crippen LogP contribution in [0.25, 0.3) is 0 Å². The molecule has 4 rings (SSSR count). The van der Waals surface area contributed by atoms with Gasteiger partial charge < -0.3 is 15.4 Å². The minimum Gasteiger partial charge on any atom is -0.465 e. The van der Waals surface area contributed by atoms with Crippen LogP contribution in [0, 0.1) is 5.41 Å². The third-order valence-corrected chi connectivity index (χ3v) is 8.48. The van der Waals surface area contributed by atoms with Crippen LogP contribution in [-0.2, 0) is 42.9 Å². The summed E-state index contributed by atoms with van der Waals surface area (Å²) < 4.78 is 33.2. The minimum atomic E-state index is -3.92. The molecule has 218 valence electrons. The van der Waals surface area contributed by atoms with Crippen LogP contribution in [0.2, 0.25) is 0 Å². The van der Waals surface area contributed by atoms with Gasteiger partial charge in [-0.2, -0.15) is 0 Å². The van der Waals surface area contributed by atoms with E-state index in [4.69, 9.17) is 15.9 Å². The van der Waals surface area contributed by atoms with E-state index in [2.05, 4.69) is 0 Å². The highest BCUT2D eigenvalue weighted by molar-refractivity contribution is 14.0. The molecule has 3 aromatic rings. The lowest BCUT2D eigenvalue weighted by atomic mass is 9.99. The maximum absolute atomic E-state index is 13.5. The molecule has 41 heavy (non-hydrogen) atoms. The first-order valence-corrected chi connectivity index (χ1v) is 14.9. The number of amidine groups is 1. The van der Waals surface area contributed by atoms with E-state index in [9.17, 15) is 18.0 Å². The normalized spacial score (nSPS) is 12.6. The summed E-state index contributed by atoms with van der Waals surface area (Å²) in [7, 11) is -3.92. The predicted molar refractivity (Wildman–Crippen MR) is 171 cm³/mol. The number of hydrogen-bond donors (Lipinski definition) is 2. The Bertz CT molecular complexity index is 1480. The highest BCUT2D eigenvalue weighted by Gasteiger charge is 2.29. The largest absolute Gasteiger partial charge is 0.465 e. The van der Waals surface area contributed by atoms with E-state index in [1.54, 1.807) is 66.4 Å². The number of sulfonamides is 1. The third-order valence-electron chi connectivity index (χ3n) is 6.77. The molecule has 0 atom stereocenters. The maximum atomic E-state index is 13.5. The summed E-state index contributed by atoms with van der Waals surface area (Å²) in [6.45, 7) is 1.96. The number of aryl methyl sites for hydroxylation is 2. The van der Waals surface area contributed by atoms with Gasteiger partial charge in [0.25, 0.3) is 0 Å². The van der Waals surface area contributed by atoms with Crippen LogP contribution in [0.1, 0.15) is 42.0 Å². The van der Waals surface area contributed by atoms with Crippen LogP contribution in [0.15, 0.2) is 72.8 Å². The lowest BCUT2D eigenvalue weighted by Gasteiger charge is -2.31. The second-order valence-electron chi connectivity index (χ2n) is 9.63. The fourth-order valence-corrected chi connectivity index (χ4v) is 6.28. The van der Waals surface area contributed by atoms with E-state index >= 15 is 0 Å². The molecule has 0 saturated carbocycles. The molecule has 3 aromatic carbocycles. The van der Waals surface area contributed by atoms with Crippen molar-refractivity contribution in [1.82, 2.24) is 0 Å². The lowest BCUT2D eigenvalue weighted by Crippen LogP contribution is -2.38. The Balaban J connectivity index is 0.00000462. The Morgan fingerprint density at radius 3 is 2.39 bits per heavy atom. The van der Waals surface area contributed by atoms with E-state index in [1.807, 2.05) is 18.2 Å². The van der Waals surface area contributed by atoms with Gasteiger partial charge in [-0.05, 0) is 61.1 Å². The first kappa shape index (κ1) is 32.1. The van der Waals surface area contributed by atoms with Crippen molar-refractivity contribution >= 4 is 63.1 Å². The van der Waals surface area contributed by atoms with Crippen LogP contribution in [0.5, 0.6) is 0 Å². The van der Waals surface area contributed by atoms with Crippen molar-refractivity contribution in [2.24, 2.45) is 5.73 Å². The summed E-state index contributed by atoms with van der Waals surface area (Å²) in [6.07, 6.45) is 2.28. The van der Waals surface area contributed by atoms with Crippen LogP contribution in [0.4, 0.5) is 11.4 Å². The van der Waals surface area contributed by atoms with Crippen LogP contribution < -0.4 is 14.9 Å². The number of ether oxygens (including phenoxy) is 1. The van der Waals surface area contributed by atoms with Crippen LogP contribution >= 0.6 is 24.0 Å². The number of halogens is 1. The average molecular weight is 691 g/mol. The fraction of sp³-hybridized carbons (Fsp3) is 0.300. The first-order chi connectivity index (χ1) is 19.2. The number of carbonyl (C=O) groups is 2. The van der Waals surface area contributed by atoms with E-state index < -0.39 is 22.5 Å². The summed E-state index contributed by atoms with van der Waals surface area (Å²) >= 11 is 0. The van der Waals surface area contributed by atoms with Gasteiger partial charge in [0.1, 0.15) is 12.4 Å². The predicted octanol–water partition coefficient (Wildman–Crippen LogP) is 4.40. The Kier molecular flexibility index (Phi) is 11.3. The van der Waals surface area contributed by atoms with Gasteiger partial charge in [0.2, 0.25) is 15.9 Å². The van der Waals surface area contributed by atoms with Crippen LogP contribution in [0.3, 0.4) is 0 Å². The summed E-state index contributed by atoms with van der Waals surface area (Å²) in [4.78, 5) is 27.4. The molecule has 0 unspecified atom stereocenters. The number of benzene rings is 3. The van der Waals surface area contributed by atoms with Gasteiger partial charge in [0.05, 0.1) is 18.0 Å². The van der Waals surface area contributed by atoms with Crippen molar-refractivity contribution in [3.8, 4) is 0 Å². The smallest absolute Gasteiger partial charge is 0.326 e. The number of anilines is 2. The van der Waals surface area contributed by atoms with Crippen molar-refractivity contribution in [2.45, 2.75) is 38.4 Å². The number of amides is 1. The number of nitrogen functional groups attached to an aromatic ring is 1. The molecule has 1 heterocycles. The average Bonchev–Trinajstić information content (AvgIpc) is 2.94. The molecule has 0 bridgehead atoms. The summed E-state index contributed by atoms with van der Waals surface area (Å²) in [5.74, 6) is -0.919. The molecule has 1 aliphatic rings. The monoisotopic (exact) mass is 690 g/mol. The third kappa shape index (κ3) is 8.29. The second-order valence-corrected chi connectivity index (χ2v) is 11.5.